The van der Waals surface area contributed by atoms with Crippen LogP contribution in [0.1, 0.15) is 71.7 Å². The van der Waals surface area contributed by atoms with Crippen LogP contribution >= 0.6 is 0 Å². The first-order chi connectivity index (χ1) is 21.5. The van der Waals surface area contributed by atoms with Gasteiger partial charge >= 0.3 is 5.97 Å². The van der Waals surface area contributed by atoms with E-state index in [0.29, 0.717) is 33.5 Å². The van der Waals surface area contributed by atoms with Crippen LogP contribution in [0.15, 0.2) is 65.5 Å². The molecule has 1 amide bonds. The van der Waals surface area contributed by atoms with E-state index < -0.39 is 11.4 Å². The number of nitriles is 1. The molecule has 3 aromatic carbocycles. The largest absolute Gasteiger partial charge is 0.443 e. The van der Waals surface area contributed by atoms with Gasteiger partial charge in [0.1, 0.15) is 5.82 Å². The Balaban J connectivity index is 1.47. The molecule has 4 aromatic rings. The fraction of sp³-hybridized carbons (Fsp3) is 0.306. The van der Waals surface area contributed by atoms with Gasteiger partial charge in [0.15, 0.2) is 6.73 Å². The van der Waals surface area contributed by atoms with Crippen LogP contribution in [0.4, 0.5) is 5.69 Å². The van der Waals surface area contributed by atoms with Gasteiger partial charge < -0.3 is 15.0 Å². The summed E-state index contributed by atoms with van der Waals surface area (Å²) in [4.78, 5) is 46.2. The van der Waals surface area contributed by atoms with Gasteiger partial charge in [-0.05, 0) is 93.6 Å². The Morgan fingerprint density at radius 2 is 1.93 bits per heavy atom. The molecule has 1 unspecified atom stereocenters. The maximum atomic E-state index is 13.7. The van der Waals surface area contributed by atoms with Crippen molar-refractivity contribution in [2.45, 2.75) is 59.9 Å². The molecule has 0 radical (unpaired) electrons. The van der Waals surface area contributed by atoms with Gasteiger partial charge in [0.05, 0.1) is 51.8 Å². The minimum Gasteiger partial charge on any atom is -0.443 e. The standard InChI is InChI=1S/C36H35N5O4/c1-6-16-40(31-13-8-7-12-27(31)33(42)38-21-25-11-9-10-24(17-25)20-37)32-15-14-26-18-30-29(19-28(26)32)34(43)41(23(2)39-30)22-45-35(44)36(3,4)5/h1,7-13,17-19,32H,14-16,21-22H2,2-5H3,(H,38,42). The summed E-state index contributed by atoms with van der Waals surface area (Å²) in [6, 6.07) is 20.2. The van der Waals surface area contributed by atoms with Gasteiger partial charge in [-0.25, -0.2) is 4.98 Å². The lowest BCUT2D eigenvalue weighted by atomic mass is 9.98. The molecule has 1 atom stereocenters. The summed E-state index contributed by atoms with van der Waals surface area (Å²) in [5.41, 5.74) is 4.10. The van der Waals surface area contributed by atoms with Gasteiger partial charge in [-0.1, -0.05) is 30.2 Å². The van der Waals surface area contributed by atoms with E-state index in [9.17, 15) is 19.6 Å². The van der Waals surface area contributed by atoms with Gasteiger partial charge in [0.25, 0.3) is 11.5 Å². The predicted octanol–water partition coefficient (Wildman–Crippen LogP) is 5.18. The molecule has 1 N–H and O–H groups in total. The Hall–Kier alpha value is -5.41. The number of aryl methyl sites for hydroxylation is 2. The van der Waals surface area contributed by atoms with E-state index in [1.54, 1.807) is 52.0 Å². The highest BCUT2D eigenvalue weighted by Crippen LogP contribution is 2.40. The molecule has 9 heteroatoms. The second-order valence-corrected chi connectivity index (χ2v) is 12.2. The van der Waals surface area contributed by atoms with Crippen LogP contribution < -0.4 is 15.8 Å². The molecule has 1 heterocycles. The second kappa shape index (κ2) is 12.7. The Kier molecular flexibility index (Phi) is 8.74. The zero-order valence-electron chi connectivity index (χ0n) is 25.9. The maximum Gasteiger partial charge on any atom is 0.312 e. The van der Waals surface area contributed by atoms with Gasteiger partial charge in [0, 0.05) is 6.54 Å². The number of amides is 1. The molecule has 1 aliphatic carbocycles. The number of carbonyl (C=O) groups excluding carboxylic acids is 2. The van der Waals surface area contributed by atoms with Crippen molar-refractivity contribution in [3.05, 3.63) is 105 Å². The molecule has 0 fully saturated rings. The highest BCUT2D eigenvalue weighted by atomic mass is 16.5. The average molecular weight is 602 g/mol. The van der Waals surface area contributed by atoms with E-state index in [-0.39, 0.29) is 37.3 Å². The highest BCUT2D eigenvalue weighted by Gasteiger charge is 2.31. The average Bonchev–Trinajstić information content (AvgIpc) is 3.43. The Morgan fingerprint density at radius 1 is 1.16 bits per heavy atom. The van der Waals surface area contributed by atoms with Gasteiger partial charge in [-0.2, -0.15) is 5.26 Å². The molecule has 228 valence electrons. The number of para-hydroxylation sites is 1. The first-order valence-corrected chi connectivity index (χ1v) is 14.8. The Morgan fingerprint density at radius 3 is 2.67 bits per heavy atom. The van der Waals surface area contributed by atoms with Crippen molar-refractivity contribution in [2.75, 3.05) is 11.4 Å². The number of nitrogens with zero attached hydrogens (tertiary/aromatic N) is 4. The van der Waals surface area contributed by atoms with Crippen LogP contribution in [0.25, 0.3) is 10.9 Å². The molecule has 5 rings (SSSR count). The van der Waals surface area contributed by atoms with Crippen molar-refractivity contribution < 1.29 is 14.3 Å². The molecule has 0 bridgehead atoms. The molecule has 0 spiro atoms. The zero-order chi connectivity index (χ0) is 32.3. The first kappa shape index (κ1) is 31.0. The summed E-state index contributed by atoms with van der Waals surface area (Å²) in [5, 5.41) is 12.6. The van der Waals surface area contributed by atoms with Crippen LogP contribution in [-0.2, 0) is 29.2 Å². The number of fused-ring (bicyclic) bond motifs is 2. The van der Waals surface area contributed by atoms with E-state index in [1.807, 2.05) is 41.3 Å². The van der Waals surface area contributed by atoms with E-state index in [2.05, 4.69) is 22.3 Å². The number of hydrogen-bond acceptors (Lipinski definition) is 7. The maximum absolute atomic E-state index is 13.7. The van der Waals surface area contributed by atoms with Crippen LogP contribution in [0.3, 0.4) is 0 Å². The number of carbonyl (C=O) groups is 2. The fourth-order valence-corrected chi connectivity index (χ4v) is 5.64. The van der Waals surface area contributed by atoms with Gasteiger partial charge in [-0.3, -0.25) is 19.0 Å². The molecule has 1 aromatic heterocycles. The molecular weight excluding hydrogens is 566 g/mol. The predicted molar refractivity (Wildman–Crippen MR) is 172 cm³/mol. The Labute approximate surface area is 262 Å². The molecule has 45 heavy (non-hydrogen) atoms. The van der Waals surface area contributed by atoms with Crippen molar-refractivity contribution in [1.82, 2.24) is 14.9 Å². The molecule has 0 saturated heterocycles. The molecular formula is C36H35N5O4. The van der Waals surface area contributed by atoms with Crippen molar-refractivity contribution in [3.63, 3.8) is 0 Å². The summed E-state index contributed by atoms with van der Waals surface area (Å²) < 4.78 is 6.81. The van der Waals surface area contributed by atoms with Crippen molar-refractivity contribution in [2.24, 2.45) is 5.41 Å². The number of ether oxygens (including phenoxy) is 1. The number of nitrogens with one attached hydrogen (secondary N) is 1. The van der Waals surface area contributed by atoms with E-state index in [1.165, 1.54) is 4.57 Å². The third-order valence-corrected chi connectivity index (χ3v) is 7.99. The number of anilines is 1. The summed E-state index contributed by atoms with van der Waals surface area (Å²) in [6.45, 7) is 7.27. The lowest BCUT2D eigenvalue weighted by Crippen LogP contribution is -2.32. The minimum absolute atomic E-state index is 0.186. The highest BCUT2D eigenvalue weighted by molar-refractivity contribution is 6.00. The molecule has 0 saturated carbocycles. The molecule has 9 nitrogen and oxygen atoms in total. The Bertz CT molecular complexity index is 1940. The van der Waals surface area contributed by atoms with E-state index in [0.717, 1.165) is 29.5 Å². The van der Waals surface area contributed by atoms with Crippen molar-refractivity contribution >= 4 is 28.5 Å². The zero-order valence-corrected chi connectivity index (χ0v) is 25.9. The first-order valence-electron chi connectivity index (χ1n) is 14.8. The summed E-state index contributed by atoms with van der Waals surface area (Å²) in [5.74, 6) is 2.53. The lowest BCUT2D eigenvalue weighted by molar-refractivity contribution is -0.157. The van der Waals surface area contributed by atoms with Gasteiger partial charge in [0.2, 0.25) is 0 Å². The molecule has 0 aliphatic heterocycles. The van der Waals surface area contributed by atoms with Gasteiger partial charge in [-0.15, -0.1) is 6.42 Å². The summed E-state index contributed by atoms with van der Waals surface area (Å²) in [6.07, 6.45) is 7.35. The van der Waals surface area contributed by atoms with Crippen molar-refractivity contribution in [1.29, 1.82) is 5.26 Å². The summed E-state index contributed by atoms with van der Waals surface area (Å²) >= 11 is 0. The lowest BCUT2D eigenvalue weighted by Gasteiger charge is -2.32. The number of rotatable bonds is 8. The number of terminal acetylenes is 1. The van der Waals surface area contributed by atoms with Crippen LogP contribution in [-0.4, -0.2) is 28.0 Å². The number of benzene rings is 3. The number of aromatic nitrogens is 2. The van der Waals surface area contributed by atoms with E-state index in [4.69, 9.17) is 11.2 Å². The van der Waals surface area contributed by atoms with Crippen LogP contribution in [0, 0.1) is 36.0 Å². The van der Waals surface area contributed by atoms with Crippen molar-refractivity contribution in [3.8, 4) is 18.4 Å². The number of hydrogen-bond donors (Lipinski definition) is 1. The summed E-state index contributed by atoms with van der Waals surface area (Å²) in [7, 11) is 0. The van der Waals surface area contributed by atoms with E-state index >= 15 is 0 Å². The van der Waals surface area contributed by atoms with Crippen LogP contribution in [0.5, 0.6) is 0 Å². The SMILES string of the molecule is C#CCN(c1ccccc1C(=O)NCc1cccc(C#N)c1)C1CCc2cc3nc(C)n(COC(=O)C(C)(C)C)c(=O)c3cc21. The topological polar surface area (TPSA) is 117 Å². The second-order valence-electron chi connectivity index (χ2n) is 12.2. The smallest absolute Gasteiger partial charge is 0.312 e. The van der Waals surface area contributed by atoms with Crippen LogP contribution in [0.2, 0.25) is 0 Å². The third-order valence-electron chi connectivity index (χ3n) is 7.99. The third kappa shape index (κ3) is 6.44. The fourth-order valence-electron chi connectivity index (χ4n) is 5.64. The minimum atomic E-state index is -0.702. The normalized spacial score (nSPS) is 13.9. The monoisotopic (exact) mass is 601 g/mol. The quantitative estimate of drug-likeness (QED) is 0.218. The molecule has 1 aliphatic rings. The number of esters is 1.